The molecule has 0 spiro atoms. The maximum absolute atomic E-state index is 11.1. The van der Waals surface area contributed by atoms with E-state index in [1.54, 1.807) is 12.1 Å². The number of fused-ring (bicyclic) bond motifs is 1. The molecule has 102 valence electrons. The molecule has 0 amide bonds. The molecular formula is C12H15N3O3S. The Morgan fingerprint density at radius 2 is 2.32 bits per heavy atom. The van der Waals surface area contributed by atoms with Gasteiger partial charge in [0.15, 0.2) is 0 Å². The van der Waals surface area contributed by atoms with E-state index in [2.05, 4.69) is 10.3 Å². The highest BCUT2D eigenvalue weighted by atomic mass is 32.1. The van der Waals surface area contributed by atoms with E-state index in [-0.39, 0.29) is 10.6 Å². The lowest BCUT2D eigenvalue weighted by Gasteiger charge is -2.07. The van der Waals surface area contributed by atoms with E-state index in [0.29, 0.717) is 25.4 Å². The number of aryl methyl sites for hydroxylation is 1. The van der Waals surface area contributed by atoms with Gasteiger partial charge in [-0.1, -0.05) is 0 Å². The molecule has 0 radical (unpaired) electrons. The van der Waals surface area contributed by atoms with E-state index in [9.17, 15) is 10.1 Å². The van der Waals surface area contributed by atoms with Crippen LogP contribution in [0.1, 0.15) is 11.9 Å². The van der Waals surface area contributed by atoms with Gasteiger partial charge >= 0.3 is 0 Å². The Kier molecular flexibility index (Phi) is 4.28. The molecule has 0 fully saturated rings. The number of nitrogens with zero attached hydrogens (tertiary/aromatic N) is 2. The summed E-state index contributed by atoms with van der Waals surface area (Å²) >= 11 is 1.46. The molecule has 1 aromatic heterocycles. The molecule has 0 atom stereocenters. The van der Waals surface area contributed by atoms with Crippen LogP contribution in [0.5, 0.6) is 0 Å². The predicted molar refractivity (Wildman–Crippen MR) is 76.0 cm³/mol. The average molecular weight is 281 g/mol. The number of ether oxygens (including phenoxy) is 1. The van der Waals surface area contributed by atoms with Gasteiger partial charge < -0.3 is 10.1 Å². The normalized spacial score (nSPS) is 10.8. The fraction of sp³-hybridized carbons (Fsp3) is 0.417. The van der Waals surface area contributed by atoms with Crippen molar-refractivity contribution in [3.8, 4) is 0 Å². The van der Waals surface area contributed by atoms with Crippen LogP contribution >= 0.6 is 11.3 Å². The van der Waals surface area contributed by atoms with Crippen LogP contribution in [0.4, 0.5) is 11.4 Å². The number of nitrogens with one attached hydrogen (secondary N) is 1. The van der Waals surface area contributed by atoms with Crippen molar-refractivity contribution < 1.29 is 9.66 Å². The topological polar surface area (TPSA) is 77.3 Å². The van der Waals surface area contributed by atoms with Crippen LogP contribution < -0.4 is 5.32 Å². The molecule has 2 rings (SSSR count). The van der Waals surface area contributed by atoms with Crippen molar-refractivity contribution in [3.63, 3.8) is 0 Å². The van der Waals surface area contributed by atoms with Gasteiger partial charge in [-0.05, 0) is 19.9 Å². The maximum Gasteiger partial charge on any atom is 0.293 e. The first kappa shape index (κ1) is 13.7. The molecule has 0 bridgehead atoms. The molecule has 0 aliphatic rings. The lowest BCUT2D eigenvalue weighted by molar-refractivity contribution is -0.383. The van der Waals surface area contributed by atoms with Gasteiger partial charge in [0.25, 0.3) is 5.69 Å². The van der Waals surface area contributed by atoms with Crippen molar-refractivity contribution in [2.24, 2.45) is 0 Å². The number of rotatable bonds is 6. The number of nitro benzene ring substituents is 1. The third-order valence-electron chi connectivity index (χ3n) is 2.58. The lowest BCUT2D eigenvalue weighted by atomic mass is 10.2. The van der Waals surface area contributed by atoms with E-state index in [1.807, 2.05) is 13.8 Å². The highest BCUT2D eigenvalue weighted by Crippen LogP contribution is 2.32. The van der Waals surface area contributed by atoms with E-state index >= 15 is 0 Å². The van der Waals surface area contributed by atoms with E-state index < -0.39 is 0 Å². The van der Waals surface area contributed by atoms with Gasteiger partial charge in [0.1, 0.15) is 5.69 Å². The van der Waals surface area contributed by atoms with Crippen LogP contribution in [0.25, 0.3) is 10.2 Å². The summed E-state index contributed by atoms with van der Waals surface area (Å²) in [5.74, 6) is 0. The van der Waals surface area contributed by atoms with Gasteiger partial charge in [-0.2, -0.15) is 0 Å². The Morgan fingerprint density at radius 3 is 3.00 bits per heavy atom. The van der Waals surface area contributed by atoms with Gasteiger partial charge in [-0.15, -0.1) is 11.3 Å². The third kappa shape index (κ3) is 3.18. The first-order chi connectivity index (χ1) is 9.11. The van der Waals surface area contributed by atoms with Crippen LogP contribution in [0.15, 0.2) is 12.1 Å². The molecule has 0 saturated heterocycles. The SMILES string of the molecule is CCOCCNc1cc2nc(C)sc2cc1[N+](=O)[O-]. The molecule has 1 N–H and O–H groups in total. The Bertz CT molecular complexity index is 597. The summed E-state index contributed by atoms with van der Waals surface area (Å²) in [7, 11) is 0. The Morgan fingerprint density at radius 1 is 1.53 bits per heavy atom. The number of nitro groups is 1. The lowest BCUT2D eigenvalue weighted by Crippen LogP contribution is -2.10. The zero-order valence-electron chi connectivity index (χ0n) is 10.8. The minimum Gasteiger partial charge on any atom is -0.380 e. The quantitative estimate of drug-likeness (QED) is 0.500. The van der Waals surface area contributed by atoms with Crippen LogP contribution in [-0.4, -0.2) is 29.7 Å². The molecule has 7 heteroatoms. The zero-order valence-corrected chi connectivity index (χ0v) is 11.6. The highest BCUT2D eigenvalue weighted by Gasteiger charge is 2.16. The summed E-state index contributed by atoms with van der Waals surface area (Å²) in [6.07, 6.45) is 0. The summed E-state index contributed by atoms with van der Waals surface area (Å²) in [6.45, 7) is 5.48. The van der Waals surface area contributed by atoms with E-state index in [0.717, 1.165) is 15.2 Å². The summed E-state index contributed by atoms with van der Waals surface area (Å²) in [5.41, 5.74) is 1.35. The number of thiazole rings is 1. The van der Waals surface area contributed by atoms with Crippen molar-refractivity contribution >= 4 is 32.9 Å². The number of aromatic nitrogens is 1. The van der Waals surface area contributed by atoms with Gasteiger partial charge in [-0.3, -0.25) is 10.1 Å². The molecule has 0 unspecified atom stereocenters. The second-order valence-corrected chi connectivity index (χ2v) is 5.19. The molecule has 19 heavy (non-hydrogen) atoms. The van der Waals surface area contributed by atoms with Gasteiger partial charge in [0, 0.05) is 19.2 Å². The Labute approximate surface area is 114 Å². The van der Waals surface area contributed by atoms with Crippen LogP contribution in [0.3, 0.4) is 0 Å². The van der Waals surface area contributed by atoms with Gasteiger partial charge in [-0.25, -0.2) is 4.98 Å². The van der Waals surface area contributed by atoms with Crippen molar-refractivity contribution in [1.82, 2.24) is 4.98 Å². The third-order valence-corrected chi connectivity index (χ3v) is 3.51. The molecule has 6 nitrogen and oxygen atoms in total. The maximum atomic E-state index is 11.1. The first-order valence-corrected chi connectivity index (χ1v) is 6.80. The van der Waals surface area contributed by atoms with E-state index in [1.165, 1.54) is 11.3 Å². The van der Waals surface area contributed by atoms with Crippen molar-refractivity contribution in [2.45, 2.75) is 13.8 Å². The monoisotopic (exact) mass is 281 g/mol. The standard InChI is InChI=1S/C12H15N3O3S/c1-3-18-5-4-13-9-6-10-12(19-8(2)14-10)7-11(9)15(16)17/h6-7,13H,3-5H2,1-2H3. The summed E-state index contributed by atoms with van der Waals surface area (Å²) in [5, 5.41) is 15.0. The fourth-order valence-corrected chi connectivity index (χ4v) is 2.62. The molecule has 0 aliphatic heterocycles. The number of hydrogen-bond donors (Lipinski definition) is 1. The van der Waals surface area contributed by atoms with Crippen molar-refractivity contribution in [3.05, 3.63) is 27.3 Å². The van der Waals surface area contributed by atoms with Crippen molar-refractivity contribution in [1.29, 1.82) is 0 Å². The first-order valence-electron chi connectivity index (χ1n) is 5.99. The van der Waals surface area contributed by atoms with Crippen LogP contribution in [0.2, 0.25) is 0 Å². The Balaban J connectivity index is 2.28. The molecule has 1 heterocycles. The van der Waals surface area contributed by atoms with Crippen LogP contribution in [0, 0.1) is 17.0 Å². The predicted octanol–water partition coefficient (Wildman–Crippen LogP) is 2.96. The molecule has 0 saturated carbocycles. The zero-order chi connectivity index (χ0) is 13.8. The van der Waals surface area contributed by atoms with E-state index in [4.69, 9.17) is 4.74 Å². The fourth-order valence-electron chi connectivity index (χ4n) is 1.77. The van der Waals surface area contributed by atoms with Crippen molar-refractivity contribution in [2.75, 3.05) is 25.1 Å². The number of anilines is 1. The average Bonchev–Trinajstić information content (AvgIpc) is 2.72. The largest absolute Gasteiger partial charge is 0.380 e. The highest BCUT2D eigenvalue weighted by molar-refractivity contribution is 7.18. The summed E-state index contributed by atoms with van der Waals surface area (Å²) < 4.78 is 6.03. The number of benzene rings is 1. The Hall–Kier alpha value is -1.73. The summed E-state index contributed by atoms with van der Waals surface area (Å²) in [4.78, 5) is 15.0. The minimum absolute atomic E-state index is 0.0765. The molecular weight excluding hydrogens is 266 g/mol. The molecule has 0 aliphatic carbocycles. The molecule has 2 aromatic rings. The van der Waals surface area contributed by atoms with Gasteiger partial charge in [0.2, 0.25) is 0 Å². The minimum atomic E-state index is -0.377. The number of hydrogen-bond acceptors (Lipinski definition) is 6. The summed E-state index contributed by atoms with van der Waals surface area (Å²) in [6, 6.07) is 3.30. The molecule has 1 aromatic carbocycles. The smallest absolute Gasteiger partial charge is 0.293 e. The second-order valence-electron chi connectivity index (χ2n) is 3.95. The second kappa shape index (κ2) is 5.94. The van der Waals surface area contributed by atoms with Crippen LogP contribution in [-0.2, 0) is 4.74 Å². The van der Waals surface area contributed by atoms with Gasteiger partial charge in [0.05, 0.1) is 26.8 Å².